The molecule has 0 atom stereocenters. The second kappa shape index (κ2) is 9.03. The molecule has 0 heterocycles. The number of halogens is 1. The molecule has 0 unspecified atom stereocenters. The third-order valence-electron chi connectivity index (χ3n) is 3.89. The molecule has 3 aromatic carbocycles. The van der Waals surface area contributed by atoms with Crippen LogP contribution in [0.3, 0.4) is 0 Å². The van der Waals surface area contributed by atoms with E-state index in [-0.39, 0.29) is 4.90 Å². The Morgan fingerprint density at radius 1 is 1.04 bits per heavy atom. The molecular weight excluding hydrogens is 440 g/mol. The van der Waals surface area contributed by atoms with Gasteiger partial charge >= 0.3 is 0 Å². The summed E-state index contributed by atoms with van der Waals surface area (Å²) in [5.41, 5.74) is 2.76. The highest BCUT2D eigenvalue weighted by Gasteiger charge is 2.11. The summed E-state index contributed by atoms with van der Waals surface area (Å²) in [6.07, 6.45) is 1.44. The van der Waals surface area contributed by atoms with E-state index >= 15 is 0 Å². The topological polar surface area (TPSA) is 67.8 Å². The molecule has 28 heavy (non-hydrogen) atoms. The molecule has 0 spiro atoms. The first kappa shape index (κ1) is 20.1. The van der Waals surface area contributed by atoms with Crippen molar-refractivity contribution in [3.63, 3.8) is 0 Å². The van der Waals surface area contributed by atoms with Gasteiger partial charge in [0.1, 0.15) is 12.4 Å². The minimum Gasteiger partial charge on any atom is -0.489 e. The van der Waals surface area contributed by atoms with E-state index in [9.17, 15) is 8.42 Å². The standard InChI is InChI=1S/C21H19BrN2O3S/c1-16-5-11-21(12-6-16)28(25,26)24-23-14-18-3-2-4-20(13-18)27-15-17-7-9-19(22)10-8-17/h2-14,24H,15H2,1H3/b23-14-. The number of sulfonamides is 1. The van der Waals surface area contributed by atoms with Crippen LogP contribution in [0.5, 0.6) is 5.75 Å². The van der Waals surface area contributed by atoms with Crippen LogP contribution in [0, 0.1) is 6.92 Å². The van der Waals surface area contributed by atoms with Crippen LogP contribution in [0.4, 0.5) is 0 Å². The van der Waals surface area contributed by atoms with Crippen molar-refractivity contribution in [1.82, 2.24) is 4.83 Å². The zero-order chi connectivity index (χ0) is 20.0. The van der Waals surface area contributed by atoms with Crippen molar-refractivity contribution >= 4 is 32.2 Å². The van der Waals surface area contributed by atoms with Gasteiger partial charge in [0.25, 0.3) is 10.0 Å². The summed E-state index contributed by atoms with van der Waals surface area (Å²) in [7, 11) is -3.69. The quantitative estimate of drug-likeness (QED) is 0.413. The molecule has 0 saturated carbocycles. The summed E-state index contributed by atoms with van der Waals surface area (Å²) in [6, 6.07) is 21.7. The van der Waals surface area contributed by atoms with E-state index in [0.717, 1.165) is 21.2 Å². The summed E-state index contributed by atoms with van der Waals surface area (Å²) in [5.74, 6) is 0.674. The number of rotatable bonds is 7. The van der Waals surface area contributed by atoms with Crippen LogP contribution in [0.15, 0.2) is 87.3 Å². The first-order chi connectivity index (χ1) is 13.4. The van der Waals surface area contributed by atoms with E-state index in [1.165, 1.54) is 6.21 Å². The number of hydrogen-bond donors (Lipinski definition) is 1. The van der Waals surface area contributed by atoms with Gasteiger partial charge in [0, 0.05) is 4.47 Å². The van der Waals surface area contributed by atoms with Gasteiger partial charge in [0.2, 0.25) is 0 Å². The molecule has 144 valence electrons. The van der Waals surface area contributed by atoms with Crippen LogP contribution in [-0.2, 0) is 16.6 Å². The predicted octanol–water partition coefficient (Wildman–Crippen LogP) is 4.65. The van der Waals surface area contributed by atoms with Gasteiger partial charge in [0.15, 0.2) is 0 Å². The van der Waals surface area contributed by atoms with Crippen molar-refractivity contribution in [1.29, 1.82) is 0 Å². The summed E-state index contributed by atoms with van der Waals surface area (Å²) in [5, 5.41) is 3.86. The Morgan fingerprint density at radius 2 is 1.75 bits per heavy atom. The molecule has 5 nitrogen and oxygen atoms in total. The molecule has 0 aromatic heterocycles. The highest BCUT2D eigenvalue weighted by Crippen LogP contribution is 2.16. The van der Waals surface area contributed by atoms with Gasteiger partial charge < -0.3 is 4.74 Å². The number of hydrogen-bond acceptors (Lipinski definition) is 4. The summed E-state index contributed by atoms with van der Waals surface area (Å²) in [4.78, 5) is 2.39. The highest BCUT2D eigenvalue weighted by molar-refractivity contribution is 9.10. The molecule has 3 rings (SSSR count). The smallest absolute Gasteiger partial charge is 0.276 e. The Hall–Kier alpha value is -2.64. The Kier molecular flexibility index (Phi) is 6.49. The second-order valence-electron chi connectivity index (χ2n) is 6.15. The fourth-order valence-electron chi connectivity index (χ4n) is 2.37. The van der Waals surface area contributed by atoms with Crippen LogP contribution in [0.1, 0.15) is 16.7 Å². The van der Waals surface area contributed by atoms with E-state index < -0.39 is 10.0 Å². The molecule has 1 N–H and O–H groups in total. The van der Waals surface area contributed by atoms with E-state index in [1.807, 2.05) is 49.4 Å². The van der Waals surface area contributed by atoms with Crippen LogP contribution in [-0.4, -0.2) is 14.6 Å². The SMILES string of the molecule is Cc1ccc(S(=O)(=O)N/N=C\c2cccc(OCc3ccc(Br)cc3)c2)cc1. The number of nitrogens with one attached hydrogen (secondary N) is 1. The molecular formula is C21H19BrN2O3S. The first-order valence-corrected chi connectivity index (χ1v) is 10.8. The minimum absolute atomic E-state index is 0.168. The van der Waals surface area contributed by atoms with Crippen LogP contribution in [0.2, 0.25) is 0 Å². The Morgan fingerprint density at radius 3 is 2.46 bits per heavy atom. The van der Waals surface area contributed by atoms with Gasteiger partial charge in [-0.3, -0.25) is 0 Å². The third-order valence-corrected chi connectivity index (χ3v) is 5.66. The molecule has 0 aliphatic heterocycles. The predicted molar refractivity (Wildman–Crippen MR) is 114 cm³/mol. The zero-order valence-corrected chi connectivity index (χ0v) is 17.6. The Bertz CT molecular complexity index is 1060. The molecule has 0 aliphatic rings. The molecule has 0 bridgehead atoms. The van der Waals surface area contributed by atoms with Crippen LogP contribution >= 0.6 is 15.9 Å². The second-order valence-corrected chi connectivity index (χ2v) is 8.73. The highest BCUT2D eigenvalue weighted by atomic mass is 79.9. The van der Waals surface area contributed by atoms with Gasteiger partial charge in [-0.1, -0.05) is 57.9 Å². The lowest BCUT2D eigenvalue weighted by atomic mass is 10.2. The monoisotopic (exact) mass is 458 g/mol. The van der Waals surface area contributed by atoms with E-state index in [0.29, 0.717) is 12.4 Å². The summed E-state index contributed by atoms with van der Waals surface area (Å²) in [6.45, 7) is 2.34. The van der Waals surface area contributed by atoms with Crippen molar-refractivity contribution in [2.45, 2.75) is 18.4 Å². The van der Waals surface area contributed by atoms with E-state index in [2.05, 4.69) is 25.9 Å². The van der Waals surface area contributed by atoms with Crippen molar-refractivity contribution in [3.8, 4) is 5.75 Å². The Labute approximate surface area is 173 Å². The number of aryl methyl sites for hydroxylation is 1. The average Bonchev–Trinajstić information content (AvgIpc) is 2.68. The van der Waals surface area contributed by atoms with E-state index in [1.54, 1.807) is 30.3 Å². The van der Waals surface area contributed by atoms with Crippen molar-refractivity contribution in [3.05, 3.63) is 94.0 Å². The van der Waals surface area contributed by atoms with Crippen molar-refractivity contribution < 1.29 is 13.2 Å². The van der Waals surface area contributed by atoms with Gasteiger partial charge in [-0.2, -0.15) is 13.5 Å². The number of ether oxygens (including phenoxy) is 1. The number of hydrazone groups is 1. The number of nitrogens with zero attached hydrogens (tertiary/aromatic N) is 1. The minimum atomic E-state index is -3.69. The third kappa shape index (κ3) is 5.68. The molecule has 7 heteroatoms. The van der Waals surface area contributed by atoms with Crippen molar-refractivity contribution in [2.75, 3.05) is 0 Å². The van der Waals surface area contributed by atoms with E-state index in [4.69, 9.17) is 4.74 Å². The maximum atomic E-state index is 12.2. The Balaban J connectivity index is 1.62. The van der Waals surface area contributed by atoms with Crippen LogP contribution < -0.4 is 9.57 Å². The van der Waals surface area contributed by atoms with Crippen molar-refractivity contribution in [2.24, 2.45) is 5.10 Å². The molecule has 3 aromatic rings. The summed E-state index contributed by atoms with van der Waals surface area (Å²) < 4.78 is 31.3. The maximum absolute atomic E-state index is 12.2. The fraction of sp³-hybridized carbons (Fsp3) is 0.0952. The lowest BCUT2D eigenvalue weighted by Gasteiger charge is -2.07. The molecule has 0 radical (unpaired) electrons. The average molecular weight is 459 g/mol. The molecule has 0 aliphatic carbocycles. The van der Waals surface area contributed by atoms with Gasteiger partial charge in [-0.15, -0.1) is 0 Å². The largest absolute Gasteiger partial charge is 0.489 e. The van der Waals surface area contributed by atoms with Gasteiger partial charge in [-0.05, 0) is 54.4 Å². The molecule has 0 amide bonds. The zero-order valence-electron chi connectivity index (χ0n) is 15.2. The van der Waals surface area contributed by atoms with Gasteiger partial charge in [0.05, 0.1) is 11.1 Å². The normalized spacial score (nSPS) is 11.5. The van der Waals surface area contributed by atoms with Gasteiger partial charge in [-0.25, -0.2) is 4.83 Å². The lowest BCUT2D eigenvalue weighted by molar-refractivity contribution is 0.306. The fourth-order valence-corrected chi connectivity index (χ4v) is 3.43. The maximum Gasteiger partial charge on any atom is 0.276 e. The van der Waals surface area contributed by atoms with Crippen LogP contribution in [0.25, 0.3) is 0 Å². The number of benzene rings is 3. The summed E-state index contributed by atoms with van der Waals surface area (Å²) >= 11 is 3.40. The molecule has 0 fully saturated rings. The first-order valence-electron chi connectivity index (χ1n) is 8.51. The molecule has 0 saturated heterocycles. The lowest BCUT2D eigenvalue weighted by Crippen LogP contribution is -2.18.